The van der Waals surface area contributed by atoms with Crippen LogP contribution in [0.25, 0.3) is 22.3 Å². The molecule has 0 aliphatic rings. The molecule has 0 unspecified atom stereocenters. The van der Waals surface area contributed by atoms with Crippen LogP contribution in [0.3, 0.4) is 0 Å². The van der Waals surface area contributed by atoms with Gasteiger partial charge in [-0.2, -0.15) is 0 Å². The molecule has 3 rings (SSSR count). The number of hydrogen-bond donors (Lipinski definition) is 1. The summed E-state index contributed by atoms with van der Waals surface area (Å²) in [4.78, 5) is 23.5. The first-order valence-electron chi connectivity index (χ1n) is 6.55. The Kier molecular flexibility index (Phi) is 3.39. The fourth-order valence-corrected chi connectivity index (χ4v) is 2.26. The molecule has 3 aromatic rings. The SMILES string of the molecule is COc1cccc(-c2cc(=O)c3cccc(C(=O)O)c3o2)c1. The summed E-state index contributed by atoms with van der Waals surface area (Å²) < 4.78 is 10.8. The van der Waals surface area contributed by atoms with Gasteiger partial charge in [-0.1, -0.05) is 18.2 Å². The molecular weight excluding hydrogens is 284 g/mol. The number of aromatic carboxylic acids is 1. The van der Waals surface area contributed by atoms with E-state index in [0.29, 0.717) is 17.1 Å². The molecule has 0 fully saturated rings. The molecule has 1 aromatic heterocycles. The fraction of sp³-hybridized carbons (Fsp3) is 0.0588. The van der Waals surface area contributed by atoms with Crippen LogP contribution in [0.15, 0.2) is 57.7 Å². The second kappa shape index (κ2) is 5.37. The molecule has 0 aliphatic heterocycles. The van der Waals surface area contributed by atoms with Gasteiger partial charge in [-0.05, 0) is 24.3 Å². The van der Waals surface area contributed by atoms with Crippen molar-refractivity contribution in [2.24, 2.45) is 0 Å². The van der Waals surface area contributed by atoms with Crippen LogP contribution in [-0.2, 0) is 0 Å². The maximum atomic E-state index is 12.2. The number of para-hydroxylation sites is 1. The third-order valence-electron chi connectivity index (χ3n) is 3.34. The quantitative estimate of drug-likeness (QED) is 0.803. The average Bonchev–Trinajstić information content (AvgIpc) is 2.54. The summed E-state index contributed by atoms with van der Waals surface area (Å²) in [7, 11) is 1.54. The number of rotatable bonds is 3. The van der Waals surface area contributed by atoms with E-state index in [0.717, 1.165) is 0 Å². The minimum absolute atomic E-state index is 0.0423. The summed E-state index contributed by atoms with van der Waals surface area (Å²) >= 11 is 0. The van der Waals surface area contributed by atoms with Crippen LogP contribution >= 0.6 is 0 Å². The van der Waals surface area contributed by atoms with E-state index in [2.05, 4.69) is 0 Å². The van der Waals surface area contributed by atoms with Gasteiger partial charge in [0, 0.05) is 11.6 Å². The predicted molar refractivity (Wildman–Crippen MR) is 81.4 cm³/mol. The van der Waals surface area contributed by atoms with Crippen LogP contribution in [0, 0.1) is 0 Å². The summed E-state index contributed by atoms with van der Waals surface area (Å²) in [5.74, 6) is -0.228. The molecule has 5 heteroatoms. The third-order valence-corrected chi connectivity index (χ3v) is 3.34. The first kappa shape index (κ1) is 13.9. The van der Waals surface area contributed by atoms with Gasteiger partial charge in [0.1, 0.15) is 17.1 Å². The largest absolute Gasteiger partial charge is 0.497 e. The monoisotopic (exact) mass is 296 g/mol. The Bertz CT molecular complexity index is 924. The minimum Gasteiger partial charge on any atom is -0.497 e. The second-order valence-corrected chi connectivity index (χ2v) is 4.69. The number of carboxylic acid groups (broad SMARTS) is 1. The normalized spacial score (nSPS) is 10.6. The topological polar surface area (TPSA) is 76.7 Å². The number of hydrogen-bond acceptors (Lipinski definition) is 4. The molecule has 5 nitrogen and oxygen atoms in total. The molecule has 22 heavy (non-hydrogen) atoms. The molecule has 0 bridgehead atoms. The van der Waals surface area contributed by atoms with Crippen molar-refractivity contribution >= 4 is 16.9 Å². The lowest BCUT2D eigenvalue weighted by atomic mass is 10.1. The van der Waals surface area contributed by atoms with Crippen molar-refractivity contribution < 1.29 is 19.1 Å². The zero-order valence-electron chi connectivity index (χ0n) is 11.7. The smallest absolute Gasteiger partial charge is 0.339 e. The van der Waals surface area contributed by atoms with Crippen molar-refractivity contribution in [1.82, 2.24) is 0 Å². The lowest BCUT2D eigenvalue weighted by molar-refractivity contribution is 0.0698. The molecule has 0 aliphatic carbocycles. The van der Waals surface area contributed by atoms with Gasteiger partial charge in [0.2, 0.25) is 0 Å². The maximum Gasteiger partial charge on any atom is 0.339 e. The highest BCUT2D eigenvalue weighted by Gasteiger charge is 2.14. The summed E-state index contributed by atoms with van der Waals surface area (Å²) in [6, 6.07) is 12.8. The molecule has 1 heterocycles. The number of benzene rings is 2. The fourth-order valence-electron chi connectivity index (χ4n) is 2.26. The maximum absolute atomic E-state index is 12.2. The van der Waals surface area contributed by atoms with Gasteiger partial charge < -0.3 is 14.3 Å². The molecule has 0 saturated carbocycles. The van der Waals surface area contributed by atoms with Crippen molar-refractivity contribution in [3.63, 3.8) is 0 Å². The number of carbonyl (C=O) groups is 1. The Morgan fingerprint density at radius 2 is 1.91 bits per heavy atom. The van der Waals surface area contributed by atoms with E-state index in [1.807, 2.05) is 0 Å². The van der Waals surface area contributed by atoms with Gasteiger partial charge in [-0.3, -0.25) is 4.79 Å². The van der Waals surface area contributed by atoms with E-state index in [1.165, 1.54) is 25.3 Å². The Morgan fingerprint density at radius 1 is 1.14 bits per heavy atom. The summed E-state index contributed by atoms with van der Waals surface area (Å²) in [6.45, 7) is 0. The molecule has 2 aromatic carbocycles. The highest BCUT2D eigenvalue weighted by atomic mass is 16.5. The Hall–Kier alpha value is -3.08. The van der Waals surface area contributed by atoms with Crippen LogP contribution in [0.4, 0.5) is 0 Å². The highest BCUT2D eigenvalue weighted by Crippen LogP contribution is 2.26. The van der Waals surface area contributed by atoms with E-state index >= 15 is 0 Å². The standard InChI is InChI=1S/C17H12O5/c1-21-11-5-2-4-10(8-11)15-9-14(18)12-6-3-7-13(17(19)20)16(12)22-15/h2-9H,1H3,(H,19,20). The zero-order chi connectivity index (χ0) is 15.7. The van der Waals surface area contributed by atoms with Gasteiger partial charge >= 0.3 is 5.97 Å². The predicted octanol–water partition coefficient (Wildman–Crippen LogP) is 3.17. The Morgan fingerprint density at radius 3 is 2.64 bits per heavy atom. The van der Waals surface area contributed by atoms with E-state index < -0.39 is 5.97 Å². The minimum atomic E-state index is -1.14. The van der Waals surface area contributed by atoms with Crippen LogP contribution < -0.4 is 10.2 Å². The van der Waals surface area contributed by atoms with Crippen LogP contribution in [0.1, 0.15) is 10.4 Å². The van der Waals surface area contributed by atoms with Gasteiger partial charge in [0.05, 0.1) is 12.5 Å². The molecule has 110 valence electrons. The van der Waals surface area contributed by atoms with Crippen LogP contribution in [-0.4, -0.2) is 18.2 Å². The van der Waals surface area contributed by atoms with Gasteiger partial charge in [-0.15, -0.1) is 0 Å². The first-order chi connectivity index (χ1) is 10.6. The van der Waals surface area contributed by atoms with E-state index in [1.54, 1.807) is 30.3 Å². The number of fused-ring (bicyclic) bond motifs is 1. The summed E-state index contributed by atoms with van der Waals surface area (Å²) in [5.41, 5.74) is 0.375. The van der Waals surface area contributed by atoms with Crippen molar-refractivity contribution in [1.29, 1.82) is 0 Å². The lowest BCUT2D eigenvalue weighted by Crippen LogP contribution is -2.05. The lowest BCUT2D eigenvalue weighted by Gasteiger charge is -2.06. The van der Waals surface area contributed by atoms with Crippen molar-refractivity contribution in [2.75, 3.05) is 7.11 Å². The Balaban J connectivity index is 2.30. The average molecular weight is 296 g/mol. The van der Waals surface area contributed by atoms with Crippen molar-refractivity contribution in [3.05, 3.63) is 64.3 Å². The number of methoxy groups -OCH3 is 1. The second-order valence-electron chi connectivity index (χ2n) is 4.69. The molecule has 0 saturated heterocycles. The van der Waals surface area contributed by atoms with Gasteiger partial charge in [0.25, 0.3) is 0 Å². The van der Waals surface area contributed by atoms with Crippen LogP contribution in [0.2, 0.25) is 0 Å². The Labute approximate surface area is 125 Å². The molecule has 0 spiro atoms. The van der Waals surface area contributed by atoms with Crippen molar-refractivity contribution in [2.45, 2.75) is 0 Å². The molecule has 1 N–H and O–H groups in total. The van der Waals surface area contributed by atoms with E-state index in [-0.39, 0.29) is 22.0 Å². The van der Waals surface area contributed by atoms with E-state index in [9.17, 15) is 14.7 Å². The highest BCUT2D eigenvalue weighted by molar-refractivity contribution is 6.01. The van der Waals surface area contributed by atoms with E-state index in [4.69, 9.17) is 9.15 Å². The summed E-state index contributed by atoms with van der Waals surface area (Å²) in [5, 5.41) is 9.48. The van der Waals surface area contributed by atoms with Gasteiger partial charge in [0.15, 0.2) is 11.0 Å². The number of ether oxygens (including phenoxy) is 1. The van der Waals surface area contributed by atoms with Crippen molar-refractivity contribution in [3.8, 4) is 17.1 Å². The molecule has 0 amide bonds. The van der Waals surface area contributed by atoms with Gasteiger partial charge in [-0.25, -0.2) is 4.79 Å². The molecule has 0 radical (unpaired) electrons. The summed E-state index contributed by atoms with van der Waals surface area (Å²) in [6.07, 6.45) is 0. The molecular formula is C17H12O5. The third kappa shape index (κ3) is 2.33. The molecule has 0 atom stereocenters. The zero-order valence-corrected chi connectivity index (χ0v) is 11.7. The number of carboxylic acids is 1. The van der Waals surface area contributed by atoms with Crippen LogP contribution in [0.5, 0.6) is 5.75 Å². The first-order valence-corrected chi connectivity index (χ1v) is 6.55.